The van der Waals surface area contributed by atoms with Gasteiger partial charge in [-0.3, -0.25) is 10.1 Å². The van der Waals surface area contributed by atoms with Gasteiger partial charge in [-0.15, -0.1) is 0 Å². The average Bonchev–Trinajstić information content (AvgIpc) is 2.67. The third-order valence-electron chi connectivity index (χ3n) is 4.03. The average molecular weight is 334 g/mol. The summed E-state index contributed by atoms with van der Waals surface area (Å²) >= 11 is 0. The van der Waals surface area contributed by atoms with E-state index in [-0.39, 0.29) is 5.91 Å². The van der Waals surface area contributed by atoms with E-state index in [0.29, 0.717) is 12.5 Å². The van der Waals surface area contributed by atoms with Crippen molar-refractivity contribution >= 4 is 11.9 Å². The molecular formula is C19H18N4O2. The number of carbonyl (C=O) groups is 1. The lowest BCUT2D eigenvalue weighted by atomic mass is 9.92. The van der Waals surface area contributed by atoms with Gasteiger partial charge in [-0.05, 0) is 23.3 Å². The minimum absolute atomic E-state index is 0.353. The molecule has 0 aliphatic carbocycles. The Morgan fingerprint density at radius 1 is 1.16 bits per heavy atom. The number of nitriles is 1. The summed E-state index contributed by atoms with van der Waals surface area (Å²) in [5.74, 6) is -0.0883. The highest BCUT2D eigenvalue weighted by atomic mass is 16.5. The van der Waals surface area contributed by atoms with Crippen LogP contribution in [0, 0.1) is 17.2 Å². The first kappa shape index (κ1) is 16.5. The van der Waals surface area contributed by atoms with Crippen molar-refractivity contribution in [2.24, 2.45) is 10.9 Å². The molecule has 3 rings (SSSR count). The number of nitrogens with zero attached hydrogens (tertiary/aromatic N) is 2. The van der Waals surface area contributed by atoms with Crippen LogP contribution in [0.2, 0.25) is 0 Å². The highest BCUT2D eigenvalue weighted by Crippen LogP contribution is 2.26. The molecular weight excluding hydrogens is 316 g/mol. The predicted octanol–water partition coefficient (Wildman–Crippen LogP) is 2.15. The van der Waals surface area contributed by atoms with Gasteiger partial charge in [0.25, 0.3) is 0 Å². The summed E-state index contributed by atoms with van der Waals surface area (Å²) in [5.41, 5.74) is 1.86. The second-order valence-corrected chi connectivity index (χ2v) is 5.64. The van der Waals surface area contributed by atoms with Gasteiger partial charge in [-0.1, -0.05) is 42.5 Å². The third kappa shape index (κ3) is 3.78. The molecule has 1 aliphatic heterocycles. The monoisotopic (exact) mass is 334 g/mol. The van der Waals surface area contributed by atoms with E-state index in [1.807, 2.05) is 42.5 Å². The number of methoxy groups -OCH3 is 1. The first-order valence-corrected chi connectivity index (χ1v) is 7.90. The number of nitrogens with one attached hydrogen (secondary N) is 2. The summed E-state index contributed by atoms with van der Waals surface area (Å²) in [6.45, 7) is 0.440. The molecule has 0 bridgehead atoms. The Morgan fingerprint density at radius 3 is 2.52 bits per heavy atom. The molecule has 6 nitrogen and oxygen atoms in total. The lowest BCUT2D eigenvalue weighted by Crippen LogP contribution is -2.54. The van der Waals surface area contributed by atoms with E-state index >= 15 is 0 Å². The van der Waals surface area contributed by atoms with Gasteiger partial charge < -0.3 is 10.1 Å². The van der Waals surface area contributed by atoms with Crippen LogP contribution in [0.1, 0.15) is 17.2 Å². The Balaban J connectivity index is 1.82. The number of carbonyl (C=O) groups excluding carboxylic acids is 1. The molecule has 1 amide bonds. The van der Waals surface area contributed by atoms with E-state index in [2.05, 4.69) is 21.7 Å². The SMILES string of the molecule is COc1ccc(C2NC(=NCc3ccccc3)NC(=O)C2C#N)cc1. The van der Waals surface area contributed by atoms with E-state index in [0.717, 1.165) is 16.9 Å². The van der Waals surface area contributed by atoms with Crippen LogP contribution in [0.4, 0.5) is 0 Å². The molecule has 2 aromatic carbocycles. The fourth-order valence-corrected chi connectivity index (χ4v) is 2.67. The number of guanidine groups is 1. The molecule has 1 saturated heterocycles. The number of amides is 1. The molecule has 2 N–H and O–H groups in total. The predicted molar refractivity (Wildman–Crippen MR) is 93.7 cm³/mol. The van der Waals surface area contributed by atoms with Crippen molar-refractivity contribution < 1.29 is 9.53 Å². The molecule has 2 aromatic rings. The number of hydrogen-bond acceptors (Lipinski definition) is 4. The minimum atomic E-state index is -0.830. The number of ether oxygens (including phenoxy) is 1. The highest BCUT2D eigenvalue weighted by molar-refractivity contribution is 6.02. The summed E-state index contributed by atoms with van der Waals surface area (Å²) in [6.07, 6.45) is 0. The van der Waals surface area contributed by atoms with Crippen LogP contribution in [0.15, 0.2) is 59.6 Å². The van der Waals surface area contributed by atoms with E-state index < -0.39 is 12.0 Å². The molecule has 126 valence electrons. The molecule has 0 radical (unpaired) electrons. The lowest BCUT2D eigenvalue weighted by Gasteiger charge is -2.30. The van der Waals surface area contributed by atoms with Crippen molar-refractivity contribution in [3.8, 4) is 11.8 Å². The Kier molecular flexibility index (Phi) is 4.95. The maximum Gasteiger partial charge on any atom is 0.246 e. The molecule has 2 unspecified atom stereocenters. The van der Waals surface area contributed by atoms with Gasteiger partial charge >= 0.3 is 0 Å². The van der Waals surface area contributed by atoms with E-state index in [4.69, 9.17) is 4.74 Å². The number of aliphatic imine (C=N–C) groups is 1. The second-order valence-electron chi connectivity index (χ2n) is 5.64. The number of benzene rings is 2. The summed E-state index contributed by atoms with van der Waals surface area (Å²) in [7, 11) is 1.59. The van der Waals surface area contributed by atoms with Crippen molar-refractivity contribution in [2.75, 3.05) is 7.11 Å². The second kappa shape index (κ2) is 7.49. The molecule has 1 heterocycles. The van der Waals surface area contributed by atoms with Crippen molar-refractivity contribution in [1.29, 1.82) is 5.26 Å². The van der Waals surface area contributed by atoms with Gasteiger partial charge in [-0.25, -0.2) is 4.99 Å². The molecule has 25 heavy (non-hydrogen) atoms. The zero-order valence-corrected chi connectivity index (χ0v) is 13.8. The van der Waals surface area contributed by atoms with E-state index in [1.54, 1.807) is 19.2 Å². The Labute approximate surface area is 146 Å². The van der Waals surface area contributed by atoms with Crippen LogP contribution in [0.25, 0.3) is 0 Å². The van der Waals surface area contributed by atoms with Gasteiger partial charge in [0.15, 0.2) is 5.96 Å². The van der Waals surface area contributed by atoms with Gasteiger partial charge in [0.05, 0.1) is 25.8 Å². The molecule has 6 heteroatoms. The van der Waals surface area contributed by atoms with Crippen molar-refractivity contribution in [2.45, 2.75) is 12.6 Å². The maximum atomic E-state index is 12.3. The fraction of sp³-hybridized carbons (Fsp3) is 0.211. The zero-order valence-electron chi connectivity index (χ0n) is 13.8. The smallest absolute Gasteiger partial charge is 0.246 e. The topological polar surface area (TPSA) is 86.5 Å². The first-order valence-electron chi connectivity index (χ1n) is 7.90. The lowest BCUT2D eigenvalue weighted by molar-refractivity contribution is -0.123. The Hall–Kier alpha value is -3.33. The van der Waals surface area contributed by atoms with Crippen LogP contribution in [-0.4, -0.2) is 19.0 Å². The van der Waals surface area contributed by atoms with E-state index in [1.165, 1.54) is 0 Å². The van der Waals surface area contributed by atoms with Gasteiger partial charge in [0.2, 0.25) is 5.91 Å². The van der Waals surface area contributed by atoms with Crippen LogP contribution in [0.3, 0.4) is 0 Å². The number of hydrogen-bond donors (Lipinski definition) is 2. The first-order chi connectivity index (χ1) is 12.2. The standard InChI is InChI=1S/C19H18N4O2/c1-25-15-9-7-14(8-10-15)17-16(11-20)18(24)23-19(22-17)21-12-13-5-3-2-4-6-13/h2-10,16-17H,12H2,1H3,(H2,21,22,23,24). The summed E-state index contributed by atoms with van der Waals surface area (Å²) in [4.78, 5) is 16.7. The van der Waals surface area contributed by atoms with E-state index in [9.17, 15) is 10.1 Å². The van der Waals surface area contributed by atoms with Crippen molar-refractivity contribution in [3.05, 3.63) is 65.7 Å². The van der Waals surface area contributed by atoms with Gasteiger partial charge in [0, 0.05) is 0 Å². The highest BCUT2D eigenvalue weighted by Gasteiger charge is 2.35. The van der Waals surface area contributed by atoms with Crippen LogP contribution in [-0.2, 0) is 11.3 Å². The fourth-order valence-electron chi connectivity index (χ4n) is 2.67. The molecule has 1 fully saturated rings. The molecule has 0 spiro atoms. The van der Waals surface area contributed by atoms with Crippen molar-refractivity contribution in [3.63, 3.8) is 0 Å². The summed E-state index contributed by atoms with van der Waals surface area (Å²) in [6, 6.07) is 18.6. The third-order valence-corrected chi connectivity index (χ3v) is 4.03. The van der Waals surface area contributed by atoms with Crippen LogP contribution in [0.5, 0.6) is 5.75 Å². The molecule has 2 atom stereocenters. The largest absolute Gasteiger partial charge is 0.497 e. The minimum Gasteiger partial charge on any atom is -0.497 e. The van der Waals surface area contributed by atoms with Crippen LogP contribution < -0.4 is 15.4 Å². The molecule has 0 aromatic heterocycles. The normalized spacial score (nSPS) is 21.1. The van der Waals surface area contributed by atoms with Gasteiger partial charge in [-0.2, -0.15) is 5.26 Å². The van der Waals surface area contributed by atoms with Gasteiger partial charge in [0.1, 0.15) is 11.7 Å². The molecule has 0 saturated carbocycles. The maximum absolute atomic E-state index is 12.3. The van der Waals surface area contributed by atoms with Crippen molar-refractivity contribution in [1.82, 2.24) is 10.6 Å². The number of rotatable bonds is 4. The molecule has 1 aliphatic rings. The summed E-state index contributed by atoms with van der Waals surface area (Å²) in [5, 5.41) is 15.2. The zero-order chi connectivity index (χ0) is 17.6. The van der Waals surface area contributed by atoms with Crippen LogP contribution >= 0.6 is 0 Å². The quantitative estimate of drug-likeness (QED) is 0.897. The Morgan fingerprint density at radius 2 is 1.88 bits per heavy atom. The Bertz CT molecular complexity index is 810. The summed E-state index contributed by atoms with van der Waals surface area (Å²) < 4.78 is 5.15.